The molecule has 1 aliphatic rings. The lowest BCUT2D eigenvalue weighted by molar-refractivity contribution is -0.0942. The molecule has 80 valence electrons. The highest BCUT2D eigenvalue weighted by Crippen LogP contribution is 2.27. The van der Waals surface area contributed by atoms with Crippen molar-refractivity contribution in [3.8, 4) is 0 Å². The van der Waals surface area contributed by atoms with E-state index in [0.717, 1.165) is 6.42 Å². The molecule has 1 aliphatic heterocycles. The molecule has 0 aromatic heterocycles. The molecule has 2 rings (SSSR count). The van der Waals surface area contributed by atoms with Gasteiger partial charge in [-0.2, -0.15) is 0 Å². The van der Waals surface area contributed by atoms with E-state index in [1.54, 1.807) is 7.11 Å². The van der Waals surface area contributed by atoms with Crippen molar-refractivity contribution in [1.82, 2.24) is 0 Å². The van der Waals surface area contributed by atoms with Gasteiger partial charge in [-0.05, 0) is 24.5 Å². The Morgan fingerprint density at radius 2 is 2.07 bits per heavy atom. The third-order valence-corrected chi connectivity index (χ3v) is 2.55. The minimum Gasteiger partial charge on any atom is -0.352 e. The van der Waals surface area contributed by atoms with Crippen LogP contribution in [0, 0.1) is 0 Å². The molecule has 0 radical (unpaired) electrons. The number of methoxy groups -OCH3 is 1. The second kappa shape index (κ2) is 4.60. The van der Waals surface area contributed by atoms with Crippen molar-refractivity contribution in [2.24, 2.45) is 0 Å². The van der Waals surface area contributed by atoms with Crippen molar-refractivity contribution in [3.63, 3.8) is 0 Å². The van der Waals surface area contributed by atoms with Gasteiger partial charge in [-0.15, -0.1) is 0 Å². The van der Waals surface area contributed by atoms with E-state index in [0.29, 0.717) is 0 Å². The summed E-state index contributed by atoms with van der Waals surface area (Å²) in [6, 6.07) is 10.3. The van der Waals surface area contributed by atoms with Gasteiger partial charge in [-0.25, -0.2) is 0 Å². The fourth-order valence-electron chi connectivity index (χ4n) is 1.87. The normalized spacial score (nSPS) is 28.5. The first kappa shape index (κ1) is 10.4. The Morgan fingerprint density at radius 1 is 1.33 bits per heavy atom. The summed E-state index contributed by atoms with van der Waals surface area (Å²) in [6.45, 7) is 2.07. The van der Waals surface area contributed by atoms with E-state index >= 15 is 0 Å². The predicted octanol–water partition coefficient (Wildman–Crippen LogP) is 2.85. The Balaban J connectivity index is 2.19. The third-order valence-electron chi connectivity index (χ3n) is 2.55. The fraction of sp³-hybridized carbons (Fsp3) is 0.385. The van der Waals surface area contributed by atoms with Crippen LogP contribution in [0.15, 0.2) is 35.9 Å². The first-order valence-electron chi connectivity index (χ1n) is 5.23. The predicted molar refractivity (Wildman–Crippen MR) is 60.4 cm³/mol. The van der Waals surface area contributed by atoms with E-state index < -0.39 is 0 Å². The molecule has 15 heavy (non-hydrogen) atoms. The van der Waals surface area contributed by atoms with Crippen molar-refractivity contribution >= 4 is 6.08 Å². The molecule has 2 atom stereocenters. The van der Waals surface area contributed by atoms with Gasteiger partial charge in [0, 0.05) is 7.11 Å². The summed E-state index contributed by atoms with van der Waals surface area (Å²) >= 11 is 0. The molecule has 1 heterocycles. The van der Waals surface area contributed by atoms with Crippen LogP contribution in [0.5, 0.6) is 0 Å². The zero-order valence-electron chi connectivity index (χ0n) is 9.14. The highest BCUT2D eigenvalue weighted by molar-refractivity contribution is 5.53. The molecule has 0 aliphatic carbocycles. The maximum absolute atomic E-state index is 5.60. The van der Waals surface area contributed by atoms with Crippen molar-refractivity contribution < 1.29 is 9.47 Å². The Hall–Kier alpha value is -1.12. The topological polar surface area (TPSA) is 18.5 Å². The monoisotopic (exact) mass is 204 g/mol. The molecular formula is C13H16O2. The highest BCUT2D eigenvalue weighted by Gasteiger charge is 2.26. The van der Waals surface area contributed by atoms with Crippen LogP contribution < -0.4 is 0 Å². The Bertz CT molecular complexity index is 343. The van der Waals surface area contributed by atoms with E-state index in [4.69, 9.17) is 9.47 Å². The molecule has 0 N–H and O–H groups in total. The first-order valence-corrected chi connectivity index (χ1v) is 5.23. The van der Waals surface area contributed by atoms with E-state index in [2.05, 4.69) is 25.1 Å². The third kappa shape index (κ3) is 2.46. The van der Waals surface area contributed by atoms with Gasteiger partial charge >= 0.3 is 0 Å². The van der Waals surface area contributed by atoms with Gasteiger partial charge in [-0.1, -0.05) is 36.4 Å². The molecule has 1 aromatic carbocycles. The molecule has 0 bridgehead atoms. The number of ether oxygens (including phenoxy) is 2. The smallest absolute Gasteiger partial charge is 0.180 e. The quantitative estimate of drug-likeness (QED) is 0.737. The molecule has 1 fully saturated rings. The maximum atomic E-state index is 5.60. The van der Waals surface area contributed by atoms with Crippen LogP contribution >= 0.6 is 0 Å². The summed E-state index contributed by atoms with van der Waals surface area (Å²) in [4.78, 5) is 0. The molecule has 2 nitrogen and oxygen atoms in total. The number of hydrogen-bond acceptors (Lipinski definition) is 2. The Kier molecular flexibility index (Phi) is 3.19. The van der Waals surface area contributed by atoms with Crippen LogP contribution in [-0.2, 0) is 9.47 Å². The first-order chi connectivity index (χ1) is 7.29. The van der Waals surface area contributed by atoms with Gasteiger partial charge in [0.25, 0.3) is 0 Å². The average Bonchev–Trinajstić information content (AvgIpc) is 2.60. The lowest BCUT2D eigenvalue weighted by Crippen LogP contribution is -2.11. The van der Waals surface area contributed by atoms with Crippen molar-refractivity contribution in [1.29, 1.82) is 0 Å². The lowest BCUT2D eigenvalue weighted by Gasteiger charge is -2.09. The lowest BCUT2D eigenvalue weighted by atomic mass is 10.1. The fourth-order valence-corrected chi connectivity index (χ4v) is 1.87. The molecule has 0 amide bonds. The number of rotatable bonds is 2. The Morgan fingerprint density at radius 3 is 2.73 bits per heavy atom. The molecular weight excluding hydrogens is 188 g/mol. The van der Waals surface area contributed by atoms with Crippen LogP contribution in [0.3, 0.4) is 0 Å². The SMILES string of the molecule is COC1OC(C)C/C1=C/c1ccccc1. The van der Waals surface area contributed by atoms with Crippen LogP contribution in [0.2, 0.25) is 0 Å². The van der Waals surface area contributed by atoms with E-state index in [9.17, 15) is 0 Å². The van der Waals surface area contributed by atoms with Crippen molar-refractivity contribution in [2.45, 2.75) is 25.7 Å². The summed E-state index contributed by atoms with van der Waals surface area (Å²) in [5.74, 6) is 0. The van der Waals surface area contributed by atoms with Gasteiger partial charge in [0.1, 0.15) is 0 Å². The Labute approximate surface area is 90.5 Å². The minimum absolute atomic E-state index is 0.166. The van der Waals surface area contributed by atoms with Crippen molar-refractivity contribution in [2.75, 3.05) is 7.11 Å². The number of hydrogen-bond donors (Lipinski definition) is 0. The van der Waals surface area contributed by atoms with Crippen molar-refractivity contribution in [3.05, 3.63) is 41.5 Å². The molecule has 2 heteroatoms. The second-order valence-corrected chi connectivity index (χ2v) is 3.85. The van der Waals surface area contributed by atoms with Gasteiger partial charge in [-0.3, -0.25) is 0 Å². The minimum atomic E-state index is -0.166. The summed E-state index contributed by atoms with van der Waals surface area (Å²) in [6.07, 6.45) is 3.19. The summed E-state index contributed by atoms with van der Waals surface area (Å²) in [7, 11) is 1.68. The molecule has 0 saturated carbocycles. The zero-order chi connectivity index (χ0) is 10.7. The van der Waals surface area contributed by atoms with E-state index in [1.165, 1.54) is 11.1 Å². The van der Waals surface area contributed by atoms with E-state index in [-0.39, 0.29) is 12.4 Å². The molecule has 2 unspecified atom stereocenters. The summed E-state index contributed by atoms with van der Waals surface area (Å²) < 4.78 is 10.9. The second-order valence-electron chi connectivity index (χ2n) is 3.85. The van der Waals surface area contributed by atoms with Crippen LogP contribution in [0.1, 0.15) is 18.9 Å². The average molecular weight is 204 g/mol. The standard InChI is InChI=1S/C13H16O2/c1-10-8-12(13(14-2)15-10)9-11-6-4-3-5-7-11/h3-7,9-10,13H,8H2,1-2H3/b12-9-. The number of benzene rings is 1. The van der Waals surface area contributed by atoms with Gasteiger partial charge < -0.3 is 9.47 Å². The van der Waals surface area contributed by atoms with Crippen LogP contribution in [0.4, 0.5) is 0 Å². The largest absolute Gasteiger partial charge is 0.352 e. The van der Waals surface area contributed by atoms with Gasteiger partial charge in [0.2, 0.25) is 0 Å². The molecule has 0 spiro atoms. The van der Waals surface area contributed by atoms with Gasteiger partial charge in [0.15, 0.2) is 6.29 Å². The summed E-state index contributed by atoms with van der Waals surface area (Å²) in [5.41, 5.74) is 2.42. The van der Waals surface area contributed by atoms with Crippen LogP contribution in [0.25, 0.3) is 6.08 Å². The molecule has 1 aromatic rings. The summed E-state index contributed by atoms with van der Waals surface area (Å²) in [5, 5.41) is 0. The molecule has 1 saturated heterocycles. The zero-order valence-corrected chi connectivity index (χ0v) is 9.14. The van der Waals surface area contributed by atoms with Gasteiger partial charge in [0.05, 0.1) is 6.10 Å². The van der Waals surface area contributed by atoms with E-state index in [1.807, 2.05) is 18.2 Å². The highest BCUT2D eigenvalue weighted by atomic mass is 16.7. The maximum Gasteiger partial charge on any atom is 0.180 e. The van der Waals surface area contributed by atoms with Crippen LogP contribution in [-0.4, -0.2) is 19.5 Å².